The van der Waals surface area contributed by atoms with Gasteiger partial charge in [-0.1, -0.05) is 0 Å². The van der Waals surface area contributed by atoms with Gasteiger partial charge in [-0.2, -0.15) is 5.10 Å². The second kappa shape index (κ2) is 5.05. The van der Waals surface area contributed by atoms with Crippen molar-refractivity contribution in [3.05, 3.63) is 66.7 Å². The molecule has 1 aromatic heterocycles. The van der Waals surface area contributed by atoms with Gasteiger partial charge in [-0.15, -0.1) is 0 Å². The molecule has 4 nitrogen and oxygen atoms in total. The van der Waals surface area contributed by atoms with Gasteiger partial charge in [-0.05, 0) is 48.5 Å². The highest BCUT2D eigenvalue weighted by Gasteiger charge is 2.03. The molecule has 0 saturated carbocycles. The molecule has 0 spiro atoms. The third-order valence-electron chi connectivity index (χ3n) is 2.72. The average molecular weight is 270 g/mol. The van der Waals surface area contributed by atoms with Crippen molar-refractivity contribution in [2.45, 2.75) is 0 Å². The molecule has 0 aliphatic heterocycles. The lowest BCUT2D eigenvalue weighted by Gasteiger charge is -2.02. The van der Waals surface area contributed by atoms with E-state index >= 15 is 0 Å². The molecule has 0 radical (unpaired) electrons. The first-order valence-corrected chi connectivity index (χ1v) is 5.98. The first-order valence-electron chi connectivity index (χ1n) is 5.98. The third-order valence-corrected chi connectivity index (χ3v) is 2.72. The number of phenolic OH excluding ortho intramolecular Hbond substituents is 1. The number of aromatic nitrogens is 2. The maximum atomic E-state index is 12.9. The molecule has 1 heterocycles. The molecule has 0 fully saturated rings. The Kier molecular flexibility index (Phi) is 3.09. The second-order valence-electron chi connectivity index (χ2n) is 4.19. The average Bonchev–Trinajstić information content (AvgIpc) is 2.91. The molecule has 0 atom stereocenters. The molecule has 2 aromatic carbocycles. The van der Waals surface area contributed by atoms with Crippen LogP contribution in [-0.4, -0.2) is 14.9 Å². The lowest BCUT2D eigenvalue weighted by molar-refractivity contribution is 0.464. The van der Waals surface area contributed by atoms with E-state index in [4.69, 9.17) is 4.74 Å². The van der Waals surface area contributed by atoms with Crippen LogP contribution < -0.4 is 4.74 Å². The van der Waals surface area contributed by atoms with Crippen molar-refractivity contribution < 1.29 is 14.2 Å². The topological polar surface area (TPSA) is 47.3 Å². The summed E-state index contributed by atoms with van der Waals surface area (Å²) in [6, 6.07) is 12.4. The predicted octanol–water partition coefficient (Wildman–Crippen LogP) is 3.51. The van der Waals surface area contributed by atoms with Crippen LogP contribution in [-0.2, 0) is 0 Å². The fourth-order valence-corrected chi connectivity index (χ4v) is 1.74. The van der Waals surface area contributed by atoms with E-state index in [1.807, 2.05) is 0 Å². The van der Waals surface area contributed by atoms with Crippen LogP contribution in [0, 0.1) is 5.82 Å². The van der Waals surface area contributed by atoms with Crippen molar-refractivity contribution in [2.75, 3.05) is 0 Å². The maximum absolute atomic E-state index is 12.9. The van der Waals surface area contributed by atoms with Gasteiger partial charge in [0, 0.05) is 0 Å². The molecule has 1 N–H and O–H groups in total. The summed E-state index contributed by atoms with van der Waals surface area (Å²) in [7, 11) is 0. The van der Waals surface area contributed by atoms with E-state index < -0.39 is 0 Å². The zero-order valence-electron chi connectivity index (χ0n) is 10.4. The normalized spacial score (nSPS) is 10.4. The van der Waals surface area contributed by atoms with Gasteiger partial charge in [-0.25, -0.2) is 9.07 Å². The summed E-state index contributed by atoms with van der Waals surface area (Å²) in [5.74, 6) is 1.04. The number of halogens is 1. The highest BCUT2D eigenvalue weighted by molar-refractivity contribution is 5.36. The Morgan fingerprint density at radius 2 is 1.65 bits per heavy atom. The smallest absolute Gasteiger partial charge is 0.165 e. The fraction of sp³-hybridized carbons (Fsp3) is 0. The Hall–Kier alpha value is -2.82. The van der Waals surface area contributed by atoms with Crippen LogP contribution >= 0.6 is 0 Å². The zero-order valence-corrected chi connectivity index (χ0v) is 10.4. The summed E-state index contributed by atoms with van der Waals surface area (Å²) < 4.78 is 20.0. The summed E-state index contributed by atoms with van der Waals surface area (Å²) >= 11 is 0. The van der Waals surface area contributed by atoms with E-state index in [0.29, 0.717) is 11.5 Å². The quantitative estimate of drug-likeness (QED) is 0.792. The summed E-state index contributed by atoms with van der Waals surface area (Å²) in [6.45, 7) is 0. The van der Waals surface area contributed by atoms with Crippen LogP contribution in [0.25, 0.3) is 5.69 Å². The van der Waals surface area contributed by atoms with E-state index in [1.54, 1.807) is 53.5 Å². The lowest BCUT2D eigenvalue weighted by atomic mass is 10.3. The van der Waals surface area contributed by atoms with E-state index in [2.05, 4.69) is 5.10 Å². The van der Waals surface area contributed by atoms with E-state index in [-0.39, 0.29) is 11.6 Å². The Morgan fingerprint density at radius 1 is 0.950 bits per heavy atom. The summed E-state index contributed by atoms with van der Waals surface area (Å²) in [5.41, 5.74) is 0.743. The minimum atomic E-state index is -0.290. The van der Waals surface area contributed by atoms with Crippen molar-refractivity contribution in [1.82, 2.24) is 9.78 Å². The van der Waals surface area contributed by atoms with Gasteiger partial charge in [0.2, 0.25) is 0 Å². The lowest BCUT2D eigenvalue weighted by Crippen LogP contribution is -1.93. The molecule has 0 amide bonds. The predicted molar refractivity (Wildman–Crippen MR) is 71.7 cm³/mol. The molecule has 0 bridgehead atoms. The van der Waals surface area contributed by atoms with Crippen molar-refractivity contribution in [3.63, 3.8) is 0 Å². The number of hydrogen-bond donors (Lipinski definition) is 1. The molecule has 3 aromatic rings. The molecular weight excluding hydrogens is 259 g/mol. The zero-order chi connectivity index (χ0) is 13.9. The molecule has 0 unspecified atom stereocenters. The third kappa shape index (κ3) is 2.61. The molecule has 0 saturated heterocycles. The molecule has 3 rings (SSSR count). The van der Waals surface area contributed by atoms with E-state index in [0.717, 1.165) is 5.69 Å². The molecule has 0 aliphatic carbocycles. The van der Waals surface area contributed by atoms with Crippen LogP contribution in [0.5, 0.6) is 17.2 Å². The number of ether oxygens (including phenoxy) is 1. The second-order valence-corrected chi connectivity index (χ2v) is 4.19. The number of benzene rings is 2. The number of aromatic hydroxyl groups is 1. The van der Waals surface area contributed by atoms with E-state index in [1.165, 1.54) is 12.1 Å². The summed E-state index contributed by atoms with van der Waals surface area (Å²) in [5, 5.41) is 13.3. The van der Waals surface area contributed by atoms with Crippen LogP contribution in [0.3, 0.4) is 0 Å². The van der Waals surface area contributed by atoms with Gasteiger partial charge in [0.1, 0.15) is 17.3 Å². The van der Waals surface area contributed by atoms with Crippen LogP contribution in [0.4, 0.5) is 4.39 Å². The minimum Gasteiger partial charge on any atom is -0.508 e. The van der Waals surface area contributed by atoms with Gasteiger partial charge < -0.3 is 9.84 Å². The van der Waals surface area contributed by atoms with Crippen LogP contribution in [0.15, 0.2) is 60.9 Å². The van der Waals surface area contributed by atoms with Gasteiger partial charge in [0.25, 0.3) is 0 Å². The standard InChI is InChI=1S/C15H11FN2O2/c16-11-1-3-12(4-2-11)18-10-15(9-17-18)20-14-7-5-13(19)6-8-14/h1-10,19H. The van der Waals surface area contributed by atoms with Crippen molar-refractivity contribution in [2.24, 2.45) is 0 Å². The highest BCUT2D eigenvalue weighted by Crippen LogP contribution is 2.23. The highest BCUT2D eigenvalue weighted by atomic mass is 19.1. The fourth-order valence-electron chi connectivity index (χ4n) is 1.74. The molecule has 5 heteroatoms. The number of nitrogens with zero attached hydrogens (tertiary/aromatic N) is 2. The van der Waals surface area contributed by atoms with Crippen molar-refractivity contribution in [3.8, 4) is 22.9 Å². The Bertz CT molecular complexity index is 705. The van der Waals surface area contributed by atoms with Gasteiger partial charge in [0.05, 0.1) is 18.1 Å². The monoisotopic (exact) mass is 270 g/mol. The van der Waals surface area contributed by atoms with Crippen molar-refractivity contribution >= 4 is 0 Å². The van der Waals surface area contributed by atoms with Crippen LogP contribution in [0.1, 0.15) is 0 Å². The van der Waals surface area contributed by atoms with E-state index in [9.17, 15) is 9.50 Å². The molecular formula is C15H11FN2O2. The SMILES string of the molecule is Oc1ccc(Oc2cnn(-c3ccc(F)cc3)c2)cc1. The Balaban J connectivity index is 1.80. The van der Waals surface area contributed by atoms with Crippen molar-refractivity contribution in [1.29, 1.82) is 0 Å². The van der Waals surface area contributed by atoms with Gasteiger partial charge >= 0.3 is 0 Å². The molecule has 100 valence electrons. The first kappa shape index (κ1) is 12.2. The first-order chi connectivity index (χ1) is 9.70. The minimum absolute atomic E-state index is 0.180. The number of hydrogen-bond acceptors (Lipinski definition) is 3. The largest absolute Gasteiger partial charge is 0.508 e. The maximum Gasteiger partial charge on any atom is 0.165 e. The number of rotatable bonds is 3. The summed E-state index contributed by atoms with van der Waals surface area (Å²) in [6.07, 6.45) is 3.26. The van der Waals surface area contributed by atoms with Gasteiger partial charge in [0.15, 0.2) is 5.75 Å². The Morgan fingerprint density at radius 3 is 2.35 bits per heavy atom. The number of phenols is 1. The molecule has 20 heavy (non-hydrogen) atoms. The summed E-state index contributed by atoms with van der Waals surface area (Å²) in [4.78, 5) is 0. The van der Waals surface area contributed by atoms with Gasteiger partial charge in [-0.3, -0.25) is 0 Å². The van der Waals surface area contributed by atoms with Crippen LogP contribution in [0.2, 0.25) is 0 Å². The molecule has 0 aliphatic rings. The Labute approximate surface area is 114 Å².